The van der Waals surface area contributed by atoms with Crippen LogP contribution in [0.2, 0.25) is 0 Å². The number of carbonyl (C=O) groups excluding carboxylic acids is 2. The van der Waals surface area contributed by atoms with Crippen LogP contribution in [0.1, 0.15) is 141 Å². The Kier molecular flexibility index (Phi) is 12.0. The zero-order chi connectivity index (χ0) is 34.5. The molecule has 0 atom stereocenters. The highest BCUT2D eigenvalue weighted by Gasteiger charge is 2.52. The van der Waals surface area contributed by atoms with Gasteiger partial charge in [0, 0.05) is 54.3 Å². The van der Waals surface area contributed by atoms with Gasteiger partial charge in [0.25, 0.3) is 0 Å². The molecule has 0 spiro atoms. The molecule has 0 N–H and O–H groups in total. The van der Waals surface area contributed by atoms with Crippen LogP contribution in [0, 0.1) is 0 Å². The number of esters is 2. The van der Waals surface area contributed by atoms with Crippen molar-refractivity contribution in [3.8, 4) is 0 Å². The average molecular weight is 651 g/mol. The molecule has 0 bridgehead atoms. The number of ether oxygens (including phenoxy) is 2. The van der Waals surface area contributed by atoms with Crippen LogP contribution >= 0.6 is 0 Å². The van der Waals surface area contributed by atoms with E-state index < -0.39 is 28.4 Å². The second-order valence-corrected chi connectivity index (χ2v) is 15.9. The summed E-state index contributed by atoms with van der Waals surface area (Å²) in [6.07, 6.45) is 6.66. The molecule has 0 unspecified atom stereocenters. The summed E-state index contributed by atoms with van der Waals surface area (Å²) in [5.41, 5.74) is -0.607. The monoisotopic (exact) mass is 650 g/mol. The molecule has 260 valence electrons. The minimum Gasteiger partial charge on any atom is -0.459 e. The first-order valence-corrected chi connectivity index (χ1v) is 17.5. The highest BCUT2D eigenvalue weighted by molar-refractivity contribution is 5.89. The van der Waals surface area contributed by atoms with Gasteiger partial charge in [0.15, 0.2) is 6.29 Å². The molecule has 0 radical (unpaired) electrons. The summed E-state index contributed by atoms with van der Waals surface area (Å²) in [5, 5.41) is 4.18. The Hall–Kier alpha value is -2.78. The zero-order valence-electron chi connectivity index (χ0n) is 30.2. The third-order valence-corrected chi connectivity index (χ3v) is 9.41. The first-order chi connectivity index (χ1) is 22.0. The fourth-order valence-electron chi connectivity index (χ4n) is 7.77. The van der Waals surface area contributed by atoms with Crippen LogP contribution in [-0.2, 0) is 19.1 Å². The summed E-state index contributed by atoms with van der Waals surface area (Å²) in [4.78, 5) is 39.7. The predicted octanol–water partition coefficient (Wildman–Crippen LogP) is 8.90. The van der Waals surface area contributed by atoms with Gasteiger partial charge in [-0.1, -0.05) is 62.6 Å². The van der Waals surface area contributed by atoms with Crippen molar-refractivity contribution in [3.63, 3.8) is 0 Å². The third-order valence-electron chi connectivity index (χ3n) is 9.41. The molecular formula is C39H58N2O6. The molecule has 8 nitrogen and oxygen atoms in total. The molecule has 0 saturated carbocycles. The number of benzene rings is 2. The lowest BCUT2D eigenvalue weighted by Crippen LogP contribution is -2.65. The van der Waals surface area contributed by atoms with Crippen LogP contribution < -0.4 is 0 Å². The molecule has 47 heavy (non-hydrogen) atoms. The number of nitrogens with zero attached hydrogens (tertiary/aromatic N) is 2. The van der Waals surface area contributed by atoms with Crippen LogP contribution in [0.25, 0.3) is 0 Å². The van der Waals surface area contributed by atoms with E-state index >= 15 is 0 Å². The fraction of sp³-hybridized carbons (Fsp3) is 0.641. The predicted molar refractivity (Wildman–Crippen MR) is 184 cm³/mol. The molecule has 2 aromatic carbocycles. The van der Waals surface area contributed by atoms with Crippen molar-refractivity contribution < 1.29 is 28.7 Å². The number of piperidine rings is 2. The number of hydrogen-bond donors (Lipinski definition) is 0. The molecule has 0 amide bonds. The number of carbonyl (C=O) groups is 2. The first kappa shape index (κ1) is 37.0. The molecule has 4 rings (SSSR count). The largest absolute Gasteiger partial charge is 0.459 e. The van der Waals surface area contributed by atoms with Crippen LogP contribution in [0.3, 0.4) is 0 Å². The molecular weight excluding hydrogens is 592 g/mol. The van der Waals surface area contributed by atoms with Gasteiger partial charge in [-0.2, -0.15) is 10.1 Å². The lowest BCUT2D eigenvalue weighted by Gasteiger charge is -2.56. The minimum absolute atomic E-state index is 0.244. The standard InChI is InChI=1S/C39H58N2O6/c1-10-11-12-19-24-33(46-40-36(2,3)25-31(26-37(40,4)5)44-34(42)29-20-15-13-16-21-29)47-41-38(6,7)27-32(28-39(41,8)9)45-35(43)30-22-17-14-18-23-30/h13-18,20-23,31-33H,10-12,19,24-28H2,1-9H3. The number of hydrogen-bond acceptors (Lipinski definition) is 8. The van der Waals surface area contributed by atoms with E-state index in [4.69, 9.17) is 19.1 Å². The van der Waals surface area contributed by atoms with Gasteiger partial charge in [-0.3, -0.25) is 9.68 Å². The highest BCUT2D eigenvalue weighted by Crippen LogP contribution is 2.44. The van der Waals surface area contributed by atoms with Crippen LogP contribution in [-0.4, -0.2) is 62.7 Å². The lowest BCUT2D eigenvalue weighted by molar-refractivity contribution is -0.427. The summed E-state index contributed by atoms with van der Waals surface area (Å²) in [6, 6.07) is 18.3. The summed E-state index contributed by atoms with van der Waals surface area (Å²) in [7, 11) is 0. The molecule has 0 aromatic heterocycles. The van der Waals surface area contributed by atoms with Gasteiger partial charge in [-0.25, -0.2) is 9.59 Å². The molecule has 2 heterocycles. The van der Waals surface area contributed by atoms with Crippen LogP contribution in [0.15, 0.2) is 60.7 Å². The van der Waals surface area contributed by atoms with Crippen molar-refractivity contribution in [1.29, 1.82) is 0 Å². The van der Waals surface area contributed by atoms with E-state index in [1.807, 2.05) is 36.4 Å². The third kappa shape index (κ3) is 9.65. The Labute approximate surface area is 283 Å². The number of hydroxylamine groups is 4. The zero-order valence-corrected chi connectivity index (χ0v) is 30.2. The Morgan fingerprint density at radius 1 is 0.617 bits per heavy atom. The van der Waals surface area contributed by atoms with Crippen molar-refractivity contribution >= 4 is 11.9 Å². The summed E-state index contributed by atoms with van der Waals surface area (Å²) in [5.74, 6) is -0.591. The quantitative estimate of drug-likeness (QED) is 0.121. The van der Waals surface area contributed by atoms with E-state index in [0.29, 0.717) is 36.8 Å². The molecule has 2 aliphatic heterocycles. The summed E-state index contributed by atoms with van der Waals surface area (Å²) >= 11 is 0. The van der Waals surface area contributed by atoms with Gasteiger partial charge in [-0.05, 0) is 86.1 Å². The maximum atomic E-state index is 12.9. The van der Waals surface area contributed by atoms with Crippen molar-refractivity contribution in [2.75, 3.05) is 0 Å². The van der Waals surface area contributed by atoms with E-state index in [1.165, 1.54) is 0 Å². The van der Waals surface area contributed by atoms with E-state index in [2.05, 4.69) is 72.4 Å². The van der Waals surface area contributed by atoms with Gasteiger partial charge >= 0.3 is 11.9 Å². The topological polar surface area (TPSA) is 77.5 Å². The van der Waals surface area contributed by atoms with Gasteiger partial charge in [0.2, 0.25) is 0 Å². The smallest absolute Gasteiger partial charge is 0.338 e. The Balaban J connectivity index is 1.48. The maximum absolute atomic E-state index is 12.9. The maximum Gasteiger partial charge on any atom is 0.338 e. The summed E-state index contributed by atoms with van der Waals surface area (Å²) in [6.45, 7) is 19.4. The van der Waals surface area contributed by atoms with Crippen molar-refractivity contribution in [1.82, 2.24) is 10.1 Å². The van der Waals surface area contributed by atoms with E-state index in [1.54, 1.807) is 24.3 Å². The molecule has 2 fully saturated rings. The normalized spacial score (nSPS) is 21.4. The van der Waals surface area contributed by atoms with Crippen molar-refractivity contribution in [2.24, 2.45) is 0 Å². The Morgan fingerprint density at radius 3 is 1.32 bits per heavy atom. The average Bonchev–Trinajstić information content (AvgIpc) is 2.98. The van der Waals surface area contributed by atoms with E-state index in [0.717, 1.165) is 32.1 Å². The number of unbranched alkanes of at least 4 members (excludes halogenated alkanes) is 3. The second-order valence-electron chi connectivity index (χ2n) is 15.9. The fourth-order valence-corrected chi connectivity index (χ4v) is 7.77. The van der Waals surface area contributed by atoms with Crippen molar-refractivity contribution in [3.05, 3.63) is 71.8 Å². The molecule has 2 aromatic rings. The SMILES string of the molecule is CCCCCCC(ON1C(C)(C)CC(OC(=O)c2ccccc2)CC1(C)C)ON1C(C)(C)CC(OC(=O)c2ccccc2)CC1(C)C. The van der Waals surface area contributed by atoms with E-state index in [9.17, 15) is 9.59 Å². The van der Waals surface area contributed by atoms with Gasteiger partial charge in [-0.15, -0.1) is 0 Å². The molecule has 8 heteroatoms. The van der Waals surface area contributed by atoms with Gasteiger partial charge in [0.05, 0.1) is 11.1 Å². The van der Waals surface area contributed by atoms with E-state index in [-0.39, 0.29) is 24.1 Å². The van der Waals surface area contributed by atoms with Gasteiger partial charge in [0.1, 0.15) is 12.2 Å². The van der Waals surface area contributed by atoms with Crippen LogP contribution in [0.4, 0.5) is 0 Å². The Bertz CT molecular complexity index is 1180. The van der Waals surface area contributed by atoms with Crippen molar-refractivity contribution in [2.45, 2.75) is 161 Å². The Morgan fingerprint density at radius 2 is 0.979 bits per heavy atom. The molecule has 2 saturated heterocycles. The summed E-state index contributed by atoms with van der Waals surface area (Å²) < 4.78 is 12.1. The van der Waals surface area contributed by atoms with Crippen LogP contribution in [0.5, 0.6) is 0 Å². The second kappa shape index (κ2) is 15.2. The molecule has 0 aliphatic carbocycles. The number of rotatable bonds is 13. The first-order valence-electron chi connectivity index (χ1n) is 17.5. The molecule has 2 aliphatic rings. The lowest BCUT2D eigenvalue weighted by atomic mass is 9.80. The minimum atomic E-state index is -0.518. The highest BCUT2D eigenvalue weighted by atomic mass is 16.9. The van der Waals surface area contributed by atoms with Gasteiger partial charge < -0.3 is 9.47 Å².